The number of carboxylic acid groups (broad SMARTS) is 1. The maximum Gasteiger partial charge on any atom is 0.307 e. The molecule has 0 amide bonds. The quantitative estimate of drug-likeness (QED) is 0.621. The van der Waals surface area contributed by atoms with Gasteiger partial charge >= 0.3 is 5.97 Å². The Kier molecular flexibility index (Phi) is 5.92. The van der Waals surface area contributed by atoms with E-state index in [2.05, 4.69) is 0 Å². The molecule has 72 valence electrons. The highest BCUT2D eigenvalue weighted by atomic mass is 32.2. The second-order valence-corrected chi connectivity index (χ2v) is 3.64. The number of unbranched alkanes of at least 4 members (excludes halogenated alkanes) is 1. The third-order valence-corrected chi connectivity index (χ3v) is 2.29. The van der Waals surface area contributed by atoms with Crippen LogP contribution in [0, 0.1) is 5.92 Å². The van der Waals surface area contributed by atoms with Gasteiger partial charge in [-0.3, -0.25) is 4.79 Å². The molecular formula is C7H14O4S. The lowest BCUT2D eigenvalue weighted by Crippen LogP contribution is -2.20. The molecule has 0 aromatic carbocycles. The number of aliphatic carboxylic acids is 1. The highest BCUT2D eigenvalue weighted by molar-refractivity contribution is 7.79. The summed E-state index contributed by atoms with van der Waals surface area (Å²) in [6.07, 6.45) is 2.17. The van der Waals surface area contributed by atoms with E-state index >= 15 is 0 Å². The Bertz CT molecular complexity index is 169. The predicted octanol–water partition coefficient (Wildman–Crippen LogP) is 1.10. The summed E-state index contributed by atoms with van der Waals surface area (Å²) in [5.74, 6) is -1.81. The van der Waals surface area contributed by atoms with Crippen molar-refractivity contribution < 1.29 is 18.7 Å². The first kappa shape index (κ1) is 11.6. The minimum atomic E-state index is -2.00. The van der Waals surface area contributed by atoms with Gasteiger partial charge in [-0.1, -0.05) is 19.8 Å². The molecule has 0 spiro atoms. The van der Waals surface area contributed by atoms with Crippen LogP contribution in [0.4, 0.5) is 0 Å². The van der Waals surface area contributed by atoms with Crippen LogP contribution in [0.25, 0.3) is 0 Å². The molecule has 0 radical (unpaired) electrons. The van der Waals surface area contributed by atoms with Crippen molar-refractivity contribution >= 4 is 17.0 Å². The van der Waals surface area contributed by atoms with E-state index in [1.165, 1.54) is 0 Å². The molecule has 0 aromatic heterocycles. The van der Waals surface area contributed by atoms with Gasteiger partial charge in [-0.25, -0.2) is 4.21 Å². The normalized spacial score (nSPS) is 15.5. The van der Waals surface area contributed by atoms with Crippen LogP contribution in [-0.2, 0) is 15.9 Å². The standard InChI is InChI=1S/C7H14O4S/c1-2-3-4-6(7(8)9)5-12(10)11/h6H,2-5H2,1H3,(H,8,9)(H,10,11). The lowest BCUT2D eigenvalue weighted by atomic mass is 10.1. The van der Waals surface area contributed by atoms with Gasteiger partial charge in [-0.2, -0.15) is 0 Å². The average Bonchev–Trinajstić information content (AvgIpc) is 1.96. The van der Waals surface area contributed by atoms with E-state index in [1.54, 1.807) is 0 Å². The summed E-state index contributed by atoms with van der Waals surface area (Å²) in [6, 6.07) is 0. The third kappa shape index (κ3) is 5.26. The number of hydrogen-bond donors (Lipinski definition) is 2. The van der Waals surface area contributed by atoms with Crippen LogP contribution >= 0.6 is 0 Å². The van der Waals surface area contributed by atoms with E-state index in [1.807, 2.05) is 6.92 Å². The number of rotatable bonds is 6. The van der Waals surface area contributed by atoms with Crippen LogP contribution < -0.4 is 0 Å². The summed E-state index contributed by atoms with van der Waals surface area (Å²) < 4.78 is 18.8. The molecule has 0 aliphatic heterocycles. The van der Waals surface area contributed by atoms with E-state index in [0.717, 1.165) is 12.8 Å². The van der Waals surface area contributed by atoms with Crippen molar-refractivity contribution in [2.75, 3.05) is 5.75 Å². The van der Waals surface area contributed by atoms with Crippen molar-refractivity contribution in [1.82, 2.24) is 0 Å². The van der Waals surface area contributed by atoms with Gasteiger partial charge in [0.25, 0.3) is 0 Å². The van der Waals surface area contributed by atoms with E-state index in [9.17, 15) is 9.00 Å². The fourth-order valence-electron chi connectivity index (χ4n) is 0.901. The molecule has 0 aliphatic carbocycles. The summed E-state index contributed by atoms with van der Waals surface area (Å²) >= 11 is -2.00. The average molecular weight is 194 g/mol. The van der Waals surface area contributed by atoms with Gasteiger partial charge < -0.3 is 9.66 Å². The number of carboxylic acids is 1. The predicted molar refractivity (Wildman–Crippen MR) is 46.3 cm³/mol. The minimum Gasteiger partial charge on any atom is -0.481 e. The van der Waals surface area contributed by atoms with Gasteiger partial charge in [0.05, 0.1) is 11.7 Å². The lowest BCUT2D eigenvalue weighted by molar-refractivity contribution is -0.141. The van der Waals surface area contributed by atoms with Crippen LogP contribution in [0.15, 0.2) is 0 Å². The molecule has 0 bridgehead atoms. The van der Waals surface area contributed by atoms with Gasteiger partial charge in [-0.15, -0.1) is 0 Å². The molecule has 0 saturated heterocycles. The van der Waals surface area contributed by atoms with Crippen molar-refractivity contribution in [3.8, 4) is 0 Å². The van der Waals surface area contributed by atoms with Crippen LogP contribution in [0.5, 0.6) is 0 Å². The fourth-order valence-corrected chi connectivity index (χ4v) is 1.55. The molecule has 4 nitrogen and oxygen atoms in total. The molecule has 5 heteroatoms. The van der Waals surface area contributed by atoms with Crippen LogP contribution in [0.3, 0.4) is 0 Å². The van der Waals surface area contributed by atoms with E-state index < -0.39 is 23.0 Å². The van der Waals surface area contributed by atoms with Gasteiger partial charge in [0.1, 0.15) is 0 Å². The highest BCUT2D eigenvalue weighted by Gasteiger charge is 2.18. The van der Waals surface area contributed by atoms with Crippen molar-refractivity contribution in [2.24, 2.45) is 5.92 Å². The molecule has 2 unspecified atom stereocenters. The van der Waals surface area contributed by atoms with Crippen LogP contribution in [-0.4, -0.2) is 25.6 Å². The molecular weight excluding hydrogens is 180 g/mol. The summed E-state index contributed by atoms with van der Waals surface area (Å²) in [6.45, 7) is 1.95. The second-order valence-electron chi connectivity index (χ2n) is 2.67. The van der Waals surface area contributed by atoms with E-state index in [0.29, 0.717) is 6.42 Å². The highest BCUT2D eigenvalue weighted by Crippen LogP contribution is 2.09. The molecule has 0 aliphatic rings. The summed E-state index contributed by atoms with van der Waals surface area (Å²) in [5.41, 5.74) is 0. The van der Waals surface area contributed by atoms with Gasteiger partial charge in [0.2, 0.25) is 0 Å². The third-order valence-electron chi connectivity index (χ3n) is 1.60. The Morgan fingerprint density at radius 1 is 1.58 bits per heavy atom. The first-order valence-electron chi connectivity index (χ1n) is 3.88. The Hall–Kier alpha value is -0.420. The van der Waals surface area contributed by atoms with Gasteiger partial charge in [-0.05, 0) is 6.42 Å². The Morgan fingerprint density at radius 3 is 2.50 bits per heavy atom. The Morgan fingerprint density at radius 2 is 2.17 bits per heavy atom. The van der Waals surface area contributed by atoms with Crippen LogP contribution in [0.2, 0.25) is 0 Å². The van der Waals surface area contributed by atoms with Crippen molar-refractivity contribution in [2.45, 2.75) is 26.2 Å². The fraction of sp³-hybridized carbons (Fsp3) is 0.857. The minimum absolute atomic E-state index is 0.157. The summed E-state index contributed by atoms with van der Waals surface area (Å²) in [4.78, 5) is 10.5. The van der Waals surface area contributed by atoms with Crippen LogP contribution in [0.1, 0.15) is 26.2 Å². The number of hydrogen-bond acceptors (Lipinski definition) is 2. The van der Waals surface area contributed by atoms with Crippen molar-refractivity contribution in [3.63, 3.8) is 0 Å². The zero-order valence-corrected chi connectivity index (χ0v) is 7.84. The number of carbonyl (C=O) groups is 1. The van der Waals surface area contributed by atoms with Crippen molar-refractivity contribution in [1.29, 1.82) is 0 Å². The summed E-state index contributed by atoms with van der Waals surface area (Å²) in [7, 11) is 0. The smallest absolute Gasteiger partial charge is 0.307 e. The monoisotopic (exact) mass is 194 g/mol. The first-order valence-corrected chi connectivity index (χ1v) is 5.15. The molecule has 0 heterocycles. The SMILES string of the molecule is CCCCC(CS(=O)O)C(=O)O. The molecule has 0 fully saturated rings. The topological polar surface area (TPSA) is 74.6 Å². The van der Waals surface area contributed by atoms with Gasteiger partial charge in [0, 0.05) is 0 Å². The maximum absolute atomic E-state index is 10.5. The van der Waals surface area contributed by atoms with Gasteiger partial charge in [0.15, 0.2) is 11.1 Å². The molecule has 12 heavy (non-hydrogen) atoms. The summed E-state index contributed by atoms with van der Waals surface area (Å²) in [5, 5.41) is 8.60. The van der Waals surface area contributed by atoms with E-state index in [4.69, 9.17) is 9.66 Å². The molecule has 0 rings (SSSR count). The molecule has 0 saturated carbocycles. The first-order chi connectivity index (χ1) is 5.57. The largest absolute Gasteiger partial charge is 0.481 e. The van der Waals surface area contributed by atoms with E-state index in [-0.39, 0.29) is 5.75 Å². The molecule has 0 aromatic rings. The molecule has 2 N–H and O–H groups in total. The Labute approximate surface area is 74.3 Å². The Balaban J connectivity index is 3.87. The van der Waals surface area contributed by atoms with Crippen molar-refractivity contribution in [3.05, 3.63) is 0 Å². The second kappa shape index (κ2) is 6.14. The zero-order valence-electron chi connectivity index (χ0n) is 7.02. The maximum atomic E-state index is 10.5. The lowest BCUT2D eigenvalue weighted by Gasteiger charge is -2.07. The zero-order chi connectivity index (χ0) is 9.56. The molecule has 2 atom stereocenters.